The van der Waals surface area contributed by atoms with Crippen LogP contribution in [0.1, 0.15) is 24.9 Å². The molecule has 1 aliphatic heterocycles. The second kappa shape index (κ2) is 4.80. The fourth-order valence-corrected chi connectivity index (χ4v) is 2.91. The normalized spacial score (nSPS) is 23.6. The van der Waals surface area contributed by atoms with Crippen LogP contribution in [0.4, 0.5) is 0 Å². The fraction of sp³-hybridized carbons (Fsp3) is 0.545. The van der Waals surface area contributed by atoms with Gasteiger partial charge in [-0.05, 0) is 30.7 Å². The molecular weight excluding hydrogens is 192 g/mol. The van der Waals surface area contributed by atoms with E-state index >= 15 is 0 Å². The van der Waals surface area contributed by atoms with Gasteiger partial charge in [-0.25, -0.2) is 0 Å². The molecule has 1 aromatic heterocycles. The number of nitrogens with zero attached hydrogens (tertiary/aromatic N) is 1. The van der Waals surface area contributed by atoms with E-state index < -0.39 is 0 Å². The van der Waals surface area contributed by atoms with Crippen molar-refractivity contribution in [2.75, 3.05) is 11.5 Å². The first-order chi connectivity index (χ1) is 6.86. The Labute approximate surface area is 89.5 Å². The van der Waals surface area contributed by atoms with Crippen LogP contribution in [0.3, 0.4) is 0 Å². The van der Waals surface area contributed by atoms with Crippen molar-refractivity contribution >= 4 is 11.8 Å². The molecular formula is C11H16N2S. The van der Waals surface area contributed by atoms with Crippen LogP contribution in [0.15, 0.2) is 24.5 Å². The van der Waals surface area contributed by atoms with Crippen molar-refractivity contribution in [1.82, 2.24) is 10.3 Å². The van der Waals surface area contributed by atoms with Gasteiger partial charge >= 0.3 is 0 Å². The van der Waals surface area contributed by atoms with Gasteiger partial charge in [0.15, 0.2) is 0 Å². The zero-order chi connectivity index (χ0) is 9.80. The fourth-order valence-electron chi connectivity index (χ4n) is 1.75. The smallest absolute Gasteiger partial charge is 0.0315 e. The van der Waals surface area contributed by atoms with E-state index in [1.165, 1.54) is 23.5 Å². The summed E-state index contributed by atoms with van der Waals surface area (Å²) in [5.41, 5.74) is 1.28. The molecule has 0 saturated carbocycles. The van der Waals surface area contributed by atoms with Gasteiger partial charge in [-0.2, -0.15) is 11.8 Å². The molecule has 0 amide bonds. The van der Waals surface area contributed by atoms with E-state index in [0.717, 1.165) is 0 Å². The van der Waals surface area contributed by atoms with Crippen molar-refractivity contribution in [2.45, 2.75) is 25.4 Å². The minimum Gasteiger partial charge on any atom is -0.307 e. The number of aromatic nitrogens is 1. The van der Waals surface area contributed by atoms with Crippen molar-refractivity contribution in [2.24, 2.45) is 0 Å². The lowest BCUT2D eigenvalue weighted by atomic mass is 10.1. The Balaban J connectivity index is 1.92. The molecule has 0 spiro atoms. The first kappa shape index (κ1) is 9.99. The zero-order valence-electron chi connectivity index (χ0n) is 8.44. The molecule has 0 aromatic carbocycles. The highest BCUT2D eigenvalue weighted by molar-refractivity contribution is 7.99. The molecule has 1 saturated heterocycles. The maximum atomic E-state index is 4.14. The van der Waals surface area contributed by atoms with E-state index in [-0.39, 0.29) is 0 Å². The van der Waals surface area contributed by atoms with Crippen molar-refractivity contribution < 1.29 is 0 Å². The molecule has 1 fully saturated rings. The maximum Gasteiger partial charge on any atom is 0.0315 e. The summed E-state index contributed by atoms with van der Waals surface area (Å²) in [6.45, 7) is 2.21. The lowest BCUT2D eigenvalue weighted by molar-refractivity contribution is 0.485. The Kier molecular flexibility index (Phi) is 3.43. The van der Waals surface area contributed by atoms with Crippen molar-refractivity contribution in [1.29, 1.82) is 0 Å². The lowest BCUT2D eigenvalue weighted by Crippen LogP contribution is -2.31. The predicted molar refractivity (Wildman–Crippen MR) is 61.5 cm³/mol. The Bertz CT molecular complexity index is 270. The van der Waals surface area contributed by atoms with Crippen LogP contribution in [0.2, 0.25) is 0 Å². The summed E-state index contributed by atoms with van der Waals surface area (Å²) in [4.78, 5) is 4.14. The number of hydrogen-bond acceptors (Lipinski definition) is 3. The van der Waals surface area contributed by atoms with E-state index in [1.807, 2.05) is 30.2 Å². The molecule has 0 radical (unpaired) electrons. The predicted octanol–water partition coefficient (Wildman–Crippen LogP) is 2.24. The number of rotatable bonds is 3. The highest BCUT2D eigenvalue weighted by Gasteiger charge is 2.17. The molecule has 2 heterocycles. The van der Waals surface area contributed by atoms with Crippen LogP contribution < -0.4 is 5.32 Å². The summed E-state index contributed by atoms with van der Waals surface area (Å²) in [5.74, 6) is 2.56. The average molecular weight is 208 g/mol. The lowest BCUT2D eigenvalue weighted by Gasteiger charge is -2.18. The molecule has 2 rings (SSSR count). The summed E-state index contributed by atoms with van der Waals surface area (Å²) in [5, 5.41) is 3.63. The summed E-state index contributed by atoms with van der Waals surface area (Å²) < 4.78 is 0. The largest absolute Gasteiger partial charge is 0.307 e. The molecule has 1 aromatic rings. The maximum absolute atomic E-state index is 4.14. The summed E-state index contributed by atoms with van der Waals surface area (Å²) >= 11 is 2.04. The van der Waals surface area contributed by atoms with Crippen LogP contribution in [-0.2, 0) is 0 Å². The number of nitrogens with one attached hydrogen (secondary N) is 1. The van der Waals surface area contributed by atoms with Crippen molar-refractivity contribution in [3.05, 3.63) is 30.1 Å². The Hall–Kier alpha value is -0.540. The molecule has 76 valence electrons. The Morgan fingerprint density at radius 3 is 3.21 bits per heavy atom. The molecule has 3 heteroatoms. The Morgan fingerprint density at radius 1 is 1.64 bits per heavy atom. The van der Waals surface area contributed by atoms with E-state index in [4.69, 9.17) is 0 Å². The first-order valence-corrected chi connectivity index (χ1v) is 6.25. The third-order valence-electron chi connectivity index (χ3n) is 2.60. The molecule has 14 heavy (non-hydrogen) atoms. The van der Waals surface area contributed by atoms with Crippen molar-refractivity contribution in [3.8, 4) is 0 Å². The van der Waals surface area contributed by atoms with Gasteiger partial charge in [0, 0.05) is 30.2 Å². The summed E-state index contributed by atoms with van der Waals surface area (Å²) in [6, 6.07) is 5.24. The Morgan fingerprint density at radius 2 is 2.57 bits per heavy atom. The van der Waals surface area contributed by atoms with Crippen LogP contribution in [0.5, 0.6) is 0 Å². The minimum absolute atomic E-state index is 0.424. The van der Waals surface area contributed by atoms with E-state index in [9.17, 15) is 0 Å². The van der Waals surface area contributed by atoms with Gasteiger partial charge < -0.3 is 5.32 Å². The second-order valence-electron chi connectivity index (χ2n) is 3.74. The number of pyridine rings is 1. The van der Waals surface area contributed by atoms with Gasteiger partial charge in [-0.15, -0.1) is 0 Å². The standard InChI is InChI=1S/C11H16N2S/c1-9(10-3-2-5-12-7-10)13-11-4-6-14-8-11/h2-3,5,7,9,11,13H,4,6,8H2,1H3/t9-,11-/m1/s1. The molecule has 2 nitrogen and oxygen atoms in total. The SMILES string of the molecule is C[C@@H](N[C@@H]1CCSC1)c1cccnc1. The average Bonchev–Trinajstić information content (AvgIpc) is 2.72. The monoisotopic (exact) mass is 208 g/mol. The van der Waals surface area contributed by atoms with Gasteiger partial charge in [0.1, 0.15) is 0 Å². The first-order valence-electron chi connectivity index (χ1n) is 5.10. The molecule has 1 aliphatic rings. The molecule has 2 atom stereocenters. The van der Waals surface area contributed by atoms with Gasteiger partial charge in [-0.3, -0.25) is 4.98 Å². The zero-order valence-corrected chi connectivity index (χ0v) is 9.26. The number of thioether (sulfide) groups is 1. The second-order valence-corrected chi connectivity index (χ2v) is 4.89. The van der Waals surface area contributed by atoms with Crippen LogP contribution in [0, 0.1) is 0 Å². The topological polar surface area (TPSA) is 24.9 Å². The third kappa shape index (κ3) is 2.49. The van der Waals surface area contributed by atoms with E-state index in [0.29, 0.717) is 12.1 Å². The molecule has 0 bridgehead atoms. The number of hydrogen-bond donors (Lipinski definition) is 1. The minimum atomic E-state index is 0.424. The summed E-state index contributed by atoms with van der Waals surface area (Å²) in [6.07, 6.45) is 5.07. The highest BCUT2D eigenvalue weighted by Crippen LogP contribution is 2.20. The third-order valence-corrected chi connectivity index (χ3v) is 3.76. The van der Waals surface area contributed by atoms with Gasteiger partial charge in [0.05, 0.1) is 0 Å². The van der Waals surface area contributed by atoms with Crippen LogP contribution >= 0.6 is 11.8 Å². The van der Waals surface area contributed by atoms with E-state index in [2.05, 4.69) is 23.3 Å². The van der Waals surface area contributed by atoms with E-state index in [1.54, 1.807) is 0 Å². The molecule has 0 aliphatic carbocycles. The molecule has 0 unspecified atom stereocenters. The van der Waals surface area contributed by atoms with Gasteiger partial charge in [-0.1, -0.05) is 6.07 Å². The van der Waals surface area contributed by atoms with Crippen molar-refractivity contribution in [3.63, 3.8) is 0 Å². The quantitative estimate of drug-likeness (QED) is 0.824. The van der Waals surface area contributed by atoms with Crippen LogP contribution in [0.25, 0.3) is 0 Å². The highest BCUT2D eigenvalue weighted by atomic mass is 32.2. The van der Waals surface area contributed by atoms with Gasteiger partial charge in [0.2, 0.25) is 0 Å². The summed E-state index contributed by atoms with van der Waals surface area (Å²) in [7, 11) is 0. The molecule has 1 N–H and O–H groups in total. The van der Waals surface area contributed by atoms with Gasteiger partial charge in [0.25, 0.3) is 0 Å². The van der Waals surface area contributed by atoms with Crippen LogP contribution in [-0.4, -0.2) is 22.5 Å².